The van der Waals surface area contributed by atoms with Crippen LogP contribution in [0, 0.1) is 0 Å². The maximum Gasteiger partial charge on any atom is 0.527 e. The van der Waals surface area contributed by atoms with Crippen LogP contribution in [0.3, 0.4) is 0 Å². The van der Waals surface area contributed by atoms with E-state index < -0.39 is 35.9 Å². The van der Waals surface area contributed by atoms with Gasteiger partial charge in [0.2, 0.25) is 0 Å². The van der Waals surface area contributed by atoms with Crippen LogP contribution in [0.15, 0.2) is 0 Å². The Bertz CT molecular complexity index is 238. The summed E-state index contributed by atoms with van der Waals surface area (Å²) in [6.45, 7) is -0.0905. The number of hydrogen-bond acceptors (Lipinski definition) is 8. The van der Waals surface area contributed by atoms with Crippen molar-refractivity contribution in [2.24, 2.45) is 0 Å². The van der Waals surface area contributed by atoms with E-state index in [1.807, 2.05) is 0 Å². The SMILES string of the molecule is O=COC[Si](O)(O)O[Si](O)(O)CC(=O)O. The zero-order valence-corrected chi connectivity index (χ0v) is 9.36. The molecule has 5 N–H and O–H groups in total. The molecular weight excluding hydrogens is 248 g/mol. The third kappa shape index (κ3) is 7.14. The first-order valence-electron chi connectivity index (χ1n) is 3.55. The van der Waals surface area contributed by atoms with E-state index in [1.54, 1.807) is 0 Å². The molecule has 0 saturated heterocycles. The van der Waals surface area contributed by atoms with Crippen molar-refractivity contribution in [1.29, 1.82) is 0 Å². The molecule has 88 valence electrons. The summed E-state index contributed by atoms with van der Waals surface area (Å²) in [6, 6.07) is -1.13. The van der Waals surface area contributed by atoms with Crippen LogP contribution >= 0.6 is 0 Å². The van der Waals surface area contributed by atoms with Gasteiger partial charge in [-0.3, -0.25) is 9.59 Å². The average Bonchev–Trinajstić information content (AvgIpc) is 1.95. The molecule has 0 unspecified atom stereocenters. The summed E-state index contributed by atoms with van der Waals surface area (Å²) in [5, 5.41) is 8.22. The van der Waals surface area contributed by atoms with Crippen molar-refractivity contribution in [1.82, 2.24) is 0 Å². The maximum atomic E-state index is 10.1. The number of carbonyl (C=O) groups is 2. The summed E-state index contributed by atoms with van der Waals surface area (Å²) < 4.78 is 8.03. The summed E-state index contributed by atoms with van der Waals surface area (Å²) >= 11 is 0. The van der Waals surface area contributed by atoms with Crippen LogP contribution in [0.4, 0.5) is 0 Å². The Balaban J connectivity index is 4.28. The quantitative estimate of drug-likeness (QED) is 0.233. The third-order valence-corrected chi connectivity index (χ3v) is 4.97. The molecule has 0 saturated carbocycles. The van der Waals surface area contributed by atoms with Crippen LogP contribution in [-0.4, -0.2) is 60.6 Å². The minimum Gasteiger partial charge on any atom is -0.481 e. The number of rotatable bonds is 7. The highest BCUT2D eigenvalue weighted by atomic mass is 28.5. The minimum absolute atomic E-state index is 0.0905. The second kappa shape index (κ2) is 5.31. The van der Waals surface area contributed by atoms with Gasteiger partial charge in [0.05, 0.1) is 0 Å². The van der Waals surface area contributed by atoms with E-state index in [0.717, 1.165) is 0 Å². The van der Waals surface area contributed by atoms with Crippen molar-refractivity contribution < 1.29 is 42.7 Å². The summed E-state index contributed by atoms with van der Waals surface area (Å²) in [6.07, 6.45) is -0.939. The van der Waals surface area contributed by atoms with Crippen LogP contribution in [0.25, 0.3) is 0 Å². The van der Waals surface area contributed by atoms with E-state index in [-0.39, 0.29) is 6.47 Å². The van der Waals surface area contributed by atoms with E-state index in [2.05, 4.69) is 8.85 Å². The predicted molar refractivity (Wildman–Crippen MR) is 45.9 cm³/mol. The Morgan fingerprint density at radius 3 is 2.13 bits per heavy atom. The highest BCUT2D eigenvalue weighted by molar-refractivity contribution is 6.73. The molecule has 0 aromatic rings. The van der Waals surface area contributed by atoms with Gasteiger partial charge in [0.15, 0.2) is 6.23 Å². The van der Waals surface area contributed by atoms with E-state index >= 15 is 0 Å². The van der Waals surface area contributed by atoms with Gasteiger partial charge in [0.1, 0.15) is 6.04 Å². The molecule has 0 aromatic carbocycles. The van der Waals surface area contributed by atoms with Crippen LogP contribution in [0.2, 0.25) is 6.04 Å². The monoisotopic (exact) mass is 258 g/mol. The van der Waals surface area contributed by atoms with Crippen LogP contribution in [0.1, 0.15) is 0 Å². The van der Waals surface area contributed by atoms with Crippen molar-refractivity contribution in [2.45, 2.75) is 6.04 Å². The summed E-state index contributed by atoms with van der Waals surface area (Å²) in [5.41, 5.74) is 0. The van der Waals surface area contributed by atoms with Gasteiger partial charge >= 0.3 is 23.6 Å². The number of carboxylic acids is 1. The largest absolute Gasteiger partial charge is 0.527 e. The average molecular weight is 258 g/mol. The van der Waals surface area contributed by atoms with Crippen LogP contribution in [-0.2, 0) is 18.4 Å². The molecule has 0 aliphatic heterocycles. The summed E-state index contributed by atoms with van der Waals surface area (Å²) in [4.78, 5) is 55.8. The molecule has 11 heteroatoms. The third-order valence-electron chi connectivity index (χ3n) is 1.05. The zero-order chi connectivity index (χ0) is 12.1. The lowest BCUT2D eigenvalue weighted by Crippen LogP contribution is -2.56. The van der Waals surface area contributed by atoms with Gasteiger partial charge in [-0.25, -0.2) is 0 Å². The number of aliphatic carboxylic acids is 1. The van der Waals surface area contributed by atoms with Crippen LogP contribution < -0.4 is 0 Å². The fraction of sp³-hybridized carbons (Fsp3) is 0.500. The van der Waals surface area contributed by atoms with E-state index in [9.17, 15) is 9.59 Å². The second-order valence-electron chi connectivity index (χ2n) is 2.57. The first-order chi connectivity index (χ1) is 6.68. The Labute approximate surface area is 85.9 Å². The smallest absolute Gasteiger partial charge is 0.481 e. The molecule has 0 heterocycles. The van der Waals surface area contributed by atoms with Gasteiger partial charge < -0.3 is 33.1 Å². The Morgan fingerprint density at radius 2 is 1.73 bits per heavy atom. The maximum absolute atomic E-state index is 10.1. The molecule has 0 aliphatic rings. The second-order valence-corrected chi connectivity index (χ2v) is 7.00. The standard InChI is InChI=1S/C4H10O9Si2/c5-2-12-3-15(10,11)13-14(8,9)1-4(6)7/h2,8-11H,1,3H2,(H,6,7). The fourth-order valence-corrected chi connectivity index (χ4v) is 3.96. The lowest BCUT2D eigenvalue weighted by atomic mass is 10.8. The molecule has 9 nitrogen and oxygen atoms in total. The highest BCUT2D eigenvalue weighted by Gasteiger charge is 2.48. The van der Waals surface area contributed by atoms with E-state index in [4.69, 9.17) is 24.3 Å². The lowest BCUT2D eigenvalue weighted by molar-refractivity contribution is -0.135. The van der Waals surface area contributed by atoms with Gasteiger partial charge in [-0.1, -0.05) is 0 Å². The van der Waals surface area contributed by atoms with Crippen molar-refractivity contribution >= 4 is 30.1 Å². The van der Waals surface area contributed by atoms with E-state index in [1.165, 1.54) is 0 Å². The molecule has 0 aromatic heterocycles. The van der Waals surface area contributed by atoms with Crippen molar-refractivity contribution in [3.63, 3.8) is 0 Å². The lowest BCUT2D eigenvalue weighted by Gasteiger charge is -2.23. The van der Waals surface area contributed by atoms with E-state index in [0.29, 0.717) is 0 Å². The molecule has 0 aliphatic carbocycles. The predicted octanol–water partition coefficient (Wildman–Crippen LogP) is -3.35. The number of carbonyl (C=O) groups excluding carboxylic acids is 1. The summed E-state index contributed by atoms with van der Waals surface area (Å²) in [7, 11) is -9.27. The van der Waals surface area contributed by atoms with Crippen molar-refractivity contribution in [3.05, 3.63) is 0 Å². The van der Waals surface area contributed by atoms with Crippen LogP contribution in [0.5, 0.6) is 0 Å². The number of carboxylic acid groups (broad SMARTS) is 1. The number of hydrogen-bond donors (Lipinski definition) is 5. The van der Waals surface area contributed by atoms with Gasteiger partial charge in [-0.05, 0) is 0 Å². The van der Waals surface area contributed by atoms with Gasteiger partial charge in [0, 0.05) is 0 Å². The molecule has 0 radical (unpaired) electrons. The Hall–Kier alpha value is -0.826. The zero-order valence-electron chi connectivity index (χ0n) is 7.36. The highest BCUT2D eigenvalue weighted by Crippen LogP contribution is 2.09. The minimum atomic E-state index is -4.69. The van der Waals surface area contributed by atoms with Gasteiger partial charge in [-0.15, -0.1) is 0 Å². The Kier molecular flexibility index (Phi) is 5.02. The molecule has 0 atom stereocenters. The Morgan fingerprint density at radius 1 is 1.20 bits per heavy atom. The molecule has 15 heavy (non-hydrogen) atoms. The van der Waals surface area contributed by atoms with Crippen molar-refractivity contribution in [2.75, 3.05) is 6.23 Å². The first kappa shape index (κ1) is 14.2. The topological polar surface area (TPSA) is 154 Å². The van der Waals surface area contributed by atoms with Gasteiger partial charge in [-0.2, -0.15) is 0 Å². The molecular formula is C4H10O9Si2. The molecule has 0 rings (SSSR count). The summed E-state index contributed by atoms with van der Waals surface area (Å²) in [5.74, 6) is -1.56. The van der Waals surface area contributed by atoms with Gasteiger partial charge in [0.25, 0.3) is 6.47 Å². The fourth-order valence-electron chi connectivity index (χ4n) is 0.667. The molecule has 0 fully saturated rings. The molecule has 0 bridgehead atoms. The normalized spacial score (nSPS) is 12.3. The number of ether oxygens (including phenoxy) is 1. The molecule has 0 amide bonds. The molecule has 0 spiro atoms. The van der Waals surface area contributed by atoms with Crippen molar-refractivity contribution in [3.8, 4) is 0 Å². The first-order valence-corrected chi connectivity index (χ1v) is 7.57.